The first-order valence-corrected chi connectivity index (χ1v) is 5.96. The monoisotopic (exact) mass is 259 g/mol. The van der Waals surface area contributed by atoms with Crippen LogP contribution in [0.5, 0.6) is 0 Å². The molecule has 2 N–H and O–H groups in total. The Labute approximate surface area is 110 Å². The Kier molecular flexibility index (Phi) is 4.07. The van der Waals surface area contributed by atoms with Crippen molar-refractivity contribution in [3.63, 3.8) is 0 Å². The van der Waals surface area contributed by atoms with Crippen LogP contribution < -0.4 is 10.6 Å². The molecule has 0 aliphatic heterocycles. The van der Waals surface area contributed by atoms with Crippen molar-refractivity contribution in [3.05, 3.63) is 54.0 Å². The second kappa shape index (κ2) is 5.95. The molecule has 0 aliphatic rings. The lowest BCUT2D eigenvalue weighted by atomic mass is 10.2. The van der Waals surface area contributed by atoms with E-state index in [-0.39, 0.29) is 5.91 Å². The first kappa shape index (κ1) is 13.0. The predicted molar refractivity (Wildman–Crippen MR) is 72.8 cm³/mol. The van der Waals surface area contributed by atoms with Crippen LogP contribution in [0, 0.1) is 5.82 Å². The summed E-state index contributed by atoms with van der Waals surface area (Å²) in [7, 11) is 0. The Balaban J connectivity index is 2.05. The maximum absolute atomic E-state index is 12.7. The average Bonchev–Trinajstić information content (AvgIpc) is 2.42. The number of pyridine rings is 1. The fraction of sp³-hybridized carbons (Fsp3) is 0.143. The van der Waals surface area contributed by atoms with E-state index in [2.05, 4.69) is 15.6 Å². The number of hydrogen-bond donors (Lipinski definition) is 2. The second-order valence-electron chi connectivity index (χ2n) is 3.92. The molecule has 1 amide bonds. The van der Waals surface area contributed by atoms with Gasteiger partial charge in [0.1, 0.15) is 11.6 Å². The van der Waals surface area contributed by atoms with E-state index >= 15 is 0 Å². The zero-order valence-corrected chi connectivity index (χ0v) is 10.5. The number of aromatic nitrogens is 1. The van der Waals surface area contributed by atoms with E-state index in [0.29, 0.717) is 11.4 Å². The maximum Gasteiger partial charge on any atom is 0.256 e. The minimum absolute atomic E-state index is 0.276. The fourth-order valence-electron chi connectivity index (χ4n) is 1.58. The van der Waals surface area contributed by atoms with E-state index in [1.165, 1.54) is 12.1 Å². The standard InChI is InChI=1S/C14H14FN3O/c1-2-16-12-6-3-10(4-7-12)14(19)18-13-8-5-11(15)9-17-13/h3-9,16H,2H2,1H3,(H,17,18,19). The quantitative estimate of drug-likeness (QED) is 0.887. The molecule has 0 bridgehead atoms. The Hall–Kier alpha value is -2.43. The molecule has 1 aromatic heterocycles. The van der Waals surface area contributed by atoms with Gasteiger partial charge in [0, 0.05) is 17.8 Å². The first-order chi connectivity index (χ1) is 9.19. The predicted octanol–water partition coefficient (Wildman–Crippen LogP) is 2.90. The summed E-state index contributed by atoms with van der Waals surface area (Å²) >= 11 is 0. The number of rotatable bonds is 4. The van der Waals surface area contributed by atoms with Gasteiger partial charge in [0.25, 0.3) is 5.91 Å². The number of halogens is 1. The van der Waals surface area contributed by atoms with Crippen LogP contribution in [-0.2, 0) is 0 Å². The van der Waals surface area contributed by atoms with Gasteiger partial charge in [-0.1, -0.05) is 0 Å². The van der Waals surface area contributed by atoms with Crippen LogP contribution in [0.15, 0.2) is 42.6 Å². The lowest BCUT2D eigenvalue weighted by molar-refractivity contribution is 0.102. The van der Waals surface area contributed by atoms with Gasteiger partial charge >= 0.3 is 0 Å². The summed E-state index contributed by atoms with van der Waals surface area (Å²) in [6, 6.07) is 9.76. The highest BCUT2D eigenvalue weighted by molar-refractivity contribution is 6.03. The van der Waals surface area contributed by atoms with Crippen LogP contribution in [0.2, 0.25) is 0 Å². The third-order valence-electron chi connectivity index (χ3n) is 2.50. The second-order valence-corrected chi connectivity index (χ2v) is 3.92. The molecule has 0 spiro atoms. The van der Waals surface area contributed by atoms with Gasteiger partial charge in [0.05, 0.1) is 6.20 Å². The van der Waals surface area contributed by atoms with Gasteiger partial charge in [-0.2, -0.15) is 0 Å². The Morgan fingerprint density at radius 2 is 1.95 bits per heavy atom. The van der Waals surface area contributed by atoms with E-state index in [0.717, 1.165) is 18.4 Å². The molecule has 19 heavy (non-hydrogen) atoms. The number of nitrogens with zero attached hydrogens (tertiary/aromatic N) is 1. The summed E-state index contributed by atoms with van der Waals surface area (Å²) in [6.07, 6.45) is 1.06. The highest BCUT2D eigenvalue weighted by Crippen LogP contribution is 2.11. The van der Waals surface area contributed by atoms with Crippen LogP contribution in [0.1, 0.15) is 17.3 Å². The zero-order valence-electron chi connectivity index (χ0n) is 10.5. The van der Waals surface area contributed by atoms with Crippen LogP contribution in [0.3, 0.4) is 0 Å². The molecule has 5 heteroatoms. The molecule has 0 aliphatic carbocycles. The molecule has 98 valence electrons. The number of carbonyl (C=O) groups is 1. The summed E-state index contributed by atoms with van der Waals surface area (Å²) < 4.78 is 12.7. The van der Waals surface area contributed by atoms with Gasteiger partial charge in [-0.15, -0.1) is 0 Å². The van der Waals surface area contributed by atoms with Crippen LogP contribution in [0.4, 0.5) is 15.9 Å². The zero-order chi connectivity index (χ0) is 13.7. The maximum atomic E-state index is 12.7. The Morgan fingerprint density at radius 1 is 1.21 bits per heavy atom. The molecule has 1 heterocycles. The van der Waals surface area contributed by atoms with Crippen molar-refractivity contribution in [2.75, 3.05) is 17.2 Å². The summed E-state index contributed by atoms with van der Waals surface area (Å²) in [6.45, 7) is 2.83. The van der Waals surface area contributed by atoms with Crippen molar-refractivity contribution in [1.82, 2.24) is 4.98 Å². The molecule has 0 unspecified atom stereocenters. The Bertz CT molecular complexity index is 552. The summed E-state index contributed by atoms with van der Waals surface area (Å²) in [5.41, 5.74) is 1.48. The molecule has 4 nitrogen and oxygen atoms in total. The minimum atomic E-state index is -0.437. The van der Waals surface area contributed by atoms with E-state index in [1.54, 1.807) is 12.1 Å². The van der Waals surface area contributed by atoms with Gasteiger partial charge < -0.3 is 10.6 Å². The lowest BCUT2D eigenvalue weighted by Crippen LogP contribution is -2.12. The molecule has 0 saturated carbocycles. The van der Waals surface area contributed by atoms with Crippen molar-refractivity contribution in [2.45, 2.75) is 6.92 Å². The minimum Gasteiger partial charge on any atom is -0.385 e. The van der Waals surface area contributed by atoms with Crippen molar-refractivity contribution in [3.8, 4) is 0 Å². The smallest absolute Gasteiger partial charge is 0.256 e. The summed E-state index contributed by atoms with van der Waals surface area (Å²) in [4.78, 5) is 15.7. The van der Waals surface area contributed by atoms with E-state index in [4.69, 9.17) is 0 Å². The number of amides is 1. The molecule has 0 radical (unpaired) electrons. The number of carbonyl (C=O) groups excluding carboxylic acids is 1. The van der Waals surface area contributed by atoms with Gasteiger partial charge in [0.2, 0.25) is 0 Å². The van der Waals surface area contributed by atoms with Gasteiger partial charge in [-0.25, -0.2) is 9.37 Å². The topological polar surface area (TPSA) is 54.0 Å². The number of hydrogen-bond acceptors (Lipinski definition) is 3. The molecule has 2 aromatic rings. The van der Waals surface area contributed by atoms with Crippen molar-refractivity contribution < 1.29 is 9.18 Å². The molecular formula is C14H14FN3O. The van der Waals surface area contributed by atoms with E-state index in [1.807, 2.05) is 19.1 Å². The highest BCUT2D eigenvalue weighted by Gasteiger charge is 2.06. The van der Waals surface area contributed by atoms with Crippen molar-refractivity contribution in [2.24, 2.45) is 0 Å². The van der Waals surface area contributed by atoms with Crippen molar-refractivity contribution >= 4 is 17.4 Å². The van der Waals surface area contributed by atoms with E-state index in [9.17, 15) is 9.18 Å². The molecule has 0 atom stereocenters. The van der Waals surface area contributed by atoms with Crippen molar-refractivity contribution in [1.29, 1.82) is 0 Å². The molecule has 0 saturated heterocycles. The van der Waals surface area contributed by atoms with Crippen LogP contribution >= 0.6 is 0 Å². The van der Waals surface area contributed by atoms with Crippen LogP contribution in [0.25, 0.3) is 0 Å². The largest absolute Gasteiger partial charge is 0.385 e. The van der Waals surface area contributed by atoms with Gasteiger partial charge in [-0.05, 0) is 43.3 Å². The molecule has 2 rings (SSSR count). The third-order valence-corrected chi connectivity index (χ3v) is 2.50. The number of benzene rings is 1. The van der Waals surface area contributed by atoms with Gasteiger partial charge in [-0.3, -0.25) is 4.79 Å². The Morgan fingerprint density at radius 3 is 2.53 bits per heavy atom. The molecular weight excluding hydrogens is 245 g/mol. The van der Waals surface area contributed by atoms with Crippen LogP contribution in [-0.4, -0.2) is 17.4 Å². The number of anilines is 2. The van der Waals surface area contributed by atoms with Gasteiger partial charge in [0.15, 0.2) is 0 Å². The third kappa shape index (κ3) is 3.51. The average molecular weight is 259 g/mol. The fourth-order valence-corrected chi connectivity index (χ4v) is 1.58. The van der Waals surface area contributed by atoms with E-state index < -0.39 is 5.82 Å². The normalized spacial score (nSPS) is 10.0. The SMILES string of the molecule is CCNc1ccc(C(=O)Nc2ccc(F)cn2)cc1. The first-order valence-electron chi connectivity index (χ1n) is 5.96. The number of nitrogens with one attached hydrogen (secondary N) is 2. The summed E-state index contributed by atoms with van der Waals surface area (Å²) in [5, 5.41) is 5.74. The molecule has 0 fully saturated rings. The lowest BCUT2D eigenvalue weighted by Gasteiger charge is -2.06. The summed E-state index contributed by atoms with van der Waals surface area (Å²) in [5.74, 6) is -0.391. The molecule has 1 aromatic carbocycles. The highest BCUT2D eigenvalue weighted by atomic mass is 19.1.